The monoisotopic (exact) mass is 347 g/mol. The molecule has 0 saturated carbocycles. The van der Waals surface area contributed by atoms with Crippen LogP contribution in [0, 0.1) is 0 Å². The van der Waals surface area contributed by atoms with Crippen LogP contribution in [0.15, 0.2) is 30.3 Å². The minimum absolute atomic E-state index is 0. The summed E-state index contributed by atoms with van der Waals surface area (Å²) in [6.07, 6.45) is 0. The molecule has 1 aliphatic rings. The first-order valence-corrected chi connectivity index (χ1v) is 8.90. The van der Waals surface area contributed by atoms with Crippen LogP contribution in [0.4, 0.5) is 0 Å². The van der Waals surface area contributed by atoms with Crippen molar-refractivity contribution in [2.75, 3.05) is 19.6 Å². The van der Waals surface area contributed by atoms with Gasteiger partial charge in [0.25, 0.3) is 10.2 Å². The molecular weight excluding hydrogens is 322 g/mol. The molecule has 1 saturated heterocycles. The van der Waals surface area contributed by atoms with Crippen LogP contribution in [-0.4, -0.2) is 48.7 Å². The molecule has 0 spiro atoms. The summed E-state index contributed by atoms with van der Waals surface area (Å²) in [6, 6.07) is 9.87. The Balaban J connectivity index is 0.00000242. The molecule has 0 aliphatic carbocycles. The Bertz CT molecular complexity index is 553. The van der Waals surface area contributed by atoms with E-state index in [9.17, 15) is 8.42 Å². The molecule has 5 nitrogen and oxygen atoms in total. The van der Waals surface area contributed by atoms with E-state index in [0.717, 1.165) is 5.56 Å². The van der Waals surface area contributed by atoms with Crippen molar-refractivity contribution < 1.29 is 8.42 Å². The van der Waals surface area contributed by atoms with Crippen molar-refractivity contribution in [3.05, 3.63) is 35.9 Å². The molecule has 2 unspecified atom stereocenters. The van der Waals surface area contributed by atoms with E-state index in [0.29, 0.717) is 26.2 Å². The standard InChI is InChI=1S/C15H25N3O2S.ClH/c1-4-17(12-15-8-6-5-7-9-15)21(19,20)18-11-10-16-13(2)14(18)3;/h5-9,13-14,16H,4,10-12H2,1-3H3;1H. The maximum absolute atomic E-state index is 12.9. The van der Waals surface area contributed by atoms with Gasteiger partial charge < -0.3 is 5.32 Å². The van der Waals surface area contributed by atoms with E-state index in [2.05, 4.69) is 5.32 Å². The van der Waals surface area contributed by atoms with Crippen LogP contribution in [0.5, 0.6) is 0 Å². The van der Waals surface area contributed by atoms with Crippen LogP contribution in [-0.2, 0) is 16.8 Å². The third-order valence-corrected chi connectivity index (χ3v) is 6.30. The van der Waals surface area contributed by atoms with Gasteiger partial charge >= 0.3 is 0 Å². The van der Waals surface area contributed by atoms with Gasteiger partial charge in [0.15, 0.2) is 0 Å². The third kappa shape index (κ3) is 4.20. The van der Waals surface area contributed by atoms with E-state index < -0.39 is 10.2 Å². The SMILES string of the molecule is CCN(Cc1ccccc1)S(=O)(=O)N1CCNC(C)C1C.Cl. The first kappa shape index (κ1) is 19.4. The second-order valence-corrected chi connectivity index (χ2v) is 7.39. The van der Waals surface area contributed by atoms with Crippen LogP contribution in [0.3, 0.4) is 0 Å². The Morgan fingerprint density at radius 1 is 1.27 bits per heavy atom. The number of benzene rings is 1. The lowest BCUT2D eigenvalue weighted by atomic mass is 10.1. The summed E-state index contributed by atoms with van der Waals surface area (Å²) in [6.45, 7) is 8.00. The summed E-state index contributed by atoms with van der Waals surface area (Å²) >= 11 is 0. The lowest BCUT2D eigenvalue weighted by molar-refractivity contribution is 0.215. The maximum Gasteiger partial charge on any atom is 0.282 e. The highest BCUT2D eigenvalue weighted by Crippen LogP contribution is 2.19. The Hall–Kier alpha value is -0.660. The minimum atomic E-state index is -3.43. The molecule has 7 heteroatoms. The molecule has 2 rings (SSSR count). The molecule has 1 aromatic carbocycles. The molecule has 1 heterocycles. The Kier molecular flexibility index (Phi) is 7.28. The largest absolute Gasteiger partial charge is 0.311 e. The lowest BCUT2D eigenvalue weighted by Crippen LogP contribution is -2.59. The quantitative estimate of drug-likeness (QED) is 0.884. The summed E-state index contributed by atoms with van der Waals surface area (Å²) in [5.74, 6) is 0. The van der Waals surface area contributed by atoms with Gasteiger partial charge in [-0.15, -0.1) is 12.4 Å². The Morgan fingerprint density at radius 3 is 2.50 bits per heavy atom. The Labute approximate surface area is 140 Å². The molecule has 1 N–H and O–H groups in total. The fourth-order valence-corrected chi connectivity index (χ4v) is 4.50. The fraction of sp³-hybridized carbons (Fsp3) is 0.600. The molecule has 0 amide bonds. The lowest BCUT2D eigenvalue weighted by Gasteiger charge is -2.40. The fourth-order valence-electron chi connectivity index (χ4n) is 2.64. The van der Waals surface area contributed by atoms with Crippen LogP contribution in [0.2, 0.25) is 0 Å². The highest BCUT2D eigenvalue weighted by Gasteiger charge is 2.36. The topological polar surface area (TPSA) is 52.7 Å². The smallest absolute Gasteiger partial charge is 0.282 e. The van der Waals surface area contributed by atoms with Gasteiger partial charge in [-0.05, 0) is 19.4 Å². The molecule has 2 atom stereocenters. The summed E-state index contributed by atoms with van der Waals surface area (Å²) in [7, 11) is -3.43. The zero-order chi connectivity index (χ0) is 15.5. The molecular formula is C15H26ClN3O2S. The average molecular weight is 348 g/mol. The van der Waals surface area contributed by atoms with Crippen molar-refractivity contribution in [3.8, 4) is 0 Å². The van der Waals surface area contributed by atoms with E-state index in [1.165, 1.54) is 0 Å². The van der Waals surface area contributed by atoms with Gasteiger partial charge in [-0.3, -0.25) is 0 Å². The molecule has 0 bridgehead atoms. The highest BCUT2D eigenvalue weighted by atomic mass is 35.5. The summed E-state index contributed by atoms with van der Waals surface area (Å²) in [4.78, 5) is 0. The van der Waals surface area contributed by atoms with E-state index in [4.69, 9.17) is 0 Å². The predicted octanol–water partition coefficient (Wildman–Crippen LogP) is 1.86. The first-order chi connectivity index (χ1) is 9.96. The number of piperazine rings is 1. The van der Waals surface area contributed by atoms with Crippen molar-refractivity contribution in [1.29, 1.82) is 0 Å². The van der Waals surface area contributed by atoms with E-state index in [1.807, 2.05) is 51.1 Å². The number of rotatable bonds is 5. The van der Waals surface area contributed by atoms with Crippen molar-refractivity contribution in [2.45, 2.75) is 39.4 Å². The molecule has 0 aromatic heterocycles. The molecule has 22 heavy (non-hydrogen) atoms. The third-order valence-electron chi connectivity index (χ3n) is 4.15. The highest BCUT2D eigenvalue weighted by molar-refractivity contribution is 7.86. The molecule has 1 fully saturated rings. The number of nitrogens with one attached hydrogen (secondary N) is 1. The zero-order valence-electron chi connectivity index (χ0n) is 13.4. The first-order valence-electron chi connectivity index (χ1n) is 7.51. The average Bonchev–Trinajstić information content (AvgIpc) is 2.48. The predicted molar refractivity (Wildman–Crippen MR) is 92.3 cm³/mol. The number of halogens is 1. The van der Waals surface area contributed by atoms with Gasteiger partial charge in [-0.1, -0.05) is 37.3 Å². The van der Waals surface area contributed by atoms with Crippen molar-refractivity contribution in [2.24, 2.45) is 0 Å². The number of hydrogen-bond acceptors (Lipinski definition) is 3. The minimum Gasteiger partial charge on any atom is -0.311 e. The molecule has 1 aromatic rings. The zero-order valence-corrected chi connectivity index (χ0v) is 15.0. The second kappa shape index (κ2) is 8.26. The number of hydrogen-bond donors (Lipinski definition) is 1. The normalized spacial score (nSPS) is 23.3. The number of nitrogens with zero attached hydrogens (tertiary/aromatic N) is 2. The van der Waals surface area contributed by atoms with Crippen LogP contribution in [0.25, 0.3) is 0 Å². The van der Waals surface area contributed by atoms with Crippen LogP contribution >= 0.6 is 12.4 Å². The van der Waals surface area contributed by atoms with Gasteiger partial charge in [-0.25, -0.2) is 0 Å². The van der Waals surface area contributed by atoms with E-state index >= 15 is 0 Å². The van der Waals surface area contributed by atoms with E-state index in [-0.39, 0.29) is 24.5 Å². The molecule has 126 valence electrons. The van der Waals surface area contributed by atoms with Gasteiger partial charge in [0.05, 0.1) is 0 Å². The van der Waals surface area contributed by atoms with Gasteiger partial charge in [0.1, 0.15) is 0 Å². The maximum atomic E-state index is 12.9. The van der Waals surface area contributed by atoms with Crippen LogP contribution in [0.1, 0.15) is 26.3 Å². The Morgan fingerprint density at radius 2 is 1.91 bits per heavy atom. The molecule has 1 aliphatic heterocycles. The van der Waals surface area contributed by atoms with Crippen molar-refractivity contribution >= 4 is 22.6 Å². The molecule has 0 radical (unpaired) electrons. The van der Waals surface area contributed by atoms with Gasteiger partial charge in [-0.2, -0.15) is 17.0 Å². The van der Waals surface area contributed by atoms with Crippen molar-refractivity contribution in [1.82, 2.24) is 13.9 Å². The van der Waals surface area contributed by atoms with Gasteiger partial charge in [0.2, 0.25) is 0 Å². The van der Waals surface area contributed by atoms with Crippen molar-refractivity contribution in [3.63, 3.8) is 0 Å². The second-order valence-electron chi connectivity index (χ2n) is 5.51. The summed E-state index contributed by atoms with van der Waals surface area (Å²) in [5.41, 5.74) is 1.01. The summed E-state index contributed by atoms with van der Waals surface area (Å²) in [5, 5.41) is 3.32. The summed E-state index contributed by atoms with van der Waals surface area (Å²) < 4.78 is 29.0. The van der Waals surface area contributed by atoms with Gasteiger partial charge in [0, 0.05) is 38.3 Å². The van der Waals surface area contributed by atoms with E-state index in [1.54, 1.807) is 8.61 Å². The van der Waals surface area contributed by atoms with Crippen LogP contribution < -0.4 is 5.32 Å².